The van der Waals surface area contributed by atoms with Gasteiger partial charge in [0, 0.05) is 35.3 Å². The first-order valence-electron chi connectivity index (χ1n) is 10.2. The lowest BCUT2D eigenvalue weighted by molar-refractivity contribution is -0.117. The van der Waals surface area contributed by atoms with Crippen LogP contribution in [0.4, 0.5) is 8.78 Å². The number of aliphatic hydroxyl groups excluding tert-OH is 1. The number of ether oxygens (including phenoxy) is 2. The number of aliphatic hydroxyl groups is 1. The van der Waals surface area contributed by atoms with Gasteiger partial charge in [-0.05, 0) is 0 Å². The van der Waals surface area contributed by atoms with E-state index in [1.54, 1.807) is 48.5 Å². The molecule has 2 unspecified atom stereocenters. The van der Waals surface area contributed by atoms with E-state index < -0.39 is 42.8 Å². The van der Waals surface area contributed by atoms with E-state index in [1.165, 1.54) is 0 Å². The Balaban J connectivity index is 1.60. The molecule has 1 aliphatic rings. The molecule has 1 aliphatic heterocycles. The van der Waals surface area contributed by atoms with Crippen molar-refractivity contribution >= 4 is 17.8 Å². The number of aromatic hydroxyl groups is 1. The fraction of sp³-hybridized carbons (Fsp3) is 0.250. The number of hydrogen-bond acceptors (Lipinski definition) is 5. The van der Waals surface area contributed by atoms with Gasteiger partial charge in [-0.25, -0.2) is 8.78 Å². The van der Waals surface area contributed by atoms with Gasteiger partial charge in [0.2, 0.25) is 0 Å². The molecule has 3 atom stereocenters. The second kappa shape index (κ2) is 9.41. The molecular formula is C24H23F2O5P. The maximum atomic E-state index is 14.3. The summed E-state index contributed by atoms with van der Waals surface area (Å²) in [7, 11) is -3.16. The predicted molar refractivity (Wildman–Crippen MR) is 117 cm³/mol. The van der Waals surface area contributed by atoms with Crippen molar-refractivity contribution in [2.24, 2.45) is 0 Å². The van der Waals surface area contributed by atoms with Crippen molar-refractivity contribution < 1.29 is 33.0 Å². The van der Waals surface area contributed by atoms with E-state index in [0.29, 0.717) is 16.7 Å². The van der Waals surface area contributed by atoms with Gasteiger partial charge in [-0.15, -0.1) is 0 Å². The largest absolute Gasteiger partial charge is 0.504 e. The summed E-state index contributed by atoms with van der Waals surface area (Å²) < 4.78 is 52.5. The zero-order chi connectivity index (χ0) is 22.7. The number of phenols is 1. The summed E-state index contributed by atoms with van der Waals surface area (Å²) in [4.78, 5) is 0. The van der Waals surface area contributed by atoms with Crippen LogP contribution in [0.3, 0.4) is 0 Å². The van der Waals surface area contributed by atoms with Gasteiger partial charge in [0.1, 0.15) is 19.3 Å². The van der Waals surface area contributed by atoms with Crippen LogP contribution >= 0.6 is 7.14 Å². The summed E-state index contributed by atoms with van der Waals surface area (Å²) in [5.41, 5.74) is 0. The summed E-state index contributed by atoms with van der Waals surface area (Å²) >= 11 is 0. The molecule has 0 aromatic heterocycles. The highest BCUT2D eigenvalue weighted by Crippen LogP contribution is 2.45. The molecule has 168 valence electrons. The molecular weight excluding hydrogens is 437 g/mol. The van der Waals surface area contributed by atoms with E-state index in [1.807, 2.05) is 12.1 Å². The Bertz CT molecular complexity index is 1070. The minimum atomic E-state index is -3.16. The molecule has 32 heavy (non-hydrogen) atoms. The van der Waals surface area contributed by atoms with Crippen LogP contribution in [-0.4, -0.2) is 41.3 Å². The van der Waals surface area contributed by atoms with Gasteiger partial charge in [-0.1, -0.05) is 60.7 Å². The topological polar surface area (TPSA) is 76.0 Å². The SMILES string of the molecule is O=P(CC1OCCC(Oc2cc(F)c(F)cc2O)[C@@H]1O)(c1ccccc1)c1ccccc1. The third-order valence-corrected chi connectivity index (χ3v) is 8.70. The number of phenolic OH excluding ortho intramolecular Hbond substituents is 1. The summed E-state index contributed by atoms with van der Waals surface area (Å²) in [5, 5.41) is 22.1. The average Bonchev–Trinajstić information content (AvgIpc) is 2.81. The number of benzene rings is 3. The molecule has 3 aromatic rings. The third kappa shape index (κ3) is 4.56. The Morgan fingerprint density at radius 2 is 1.53 bits per heavy atom. The lowest BCUT2D eigenvalue weighted by Gasteiger charge is -2.36. The van der Waals surface area contributed by atoms with Crippen LogP contribution in [0.2, 0.25) is 0 Å². The first-order valence-corrected chi connectivity index (χ1v) is 12.1. The van der Waals surface area contributed by atoms with E-state index in [9.17, 15) is 23.6 Å². The Morgan fingerprint density at radius 3 is 2.12 bits per heavy atom. The molecule has 0 bridgehead atoms. The average molecular weight is 460 g/mol. The molecule has 0 spiro atoms. The molecule has 0 amide bonds. The zero-order valence-electron chi connectivity index (χ0n) is 17.1. The van der Waals surface area contributed by atoms with Gasteiger partial charge in [0.15, 0.2) is 23.1 Å². The first-order chi connectivity index (χ1) is 15.4. The Kier molecular flexibility index (Phi) is 6.60. The normalized spacial score (nSPS) is 21.3. The molecule has 0 saturated carbocycles. The van der Waals surface area contributed by atoms with Crippen LogP contribution in [0, 0.1) is 11.6 Å². The summed E-state index contributed by atoms with van der Waals surface area (Å²) in [6.07, 6.45) is -2.59. The fourth-order valence-corrected chi connectivity index (χ4v) is 6.72. The lowest BCUT2D eigenvalue weighted by atomic mass is 10.0. The van der Waals surface area contributed by atoms with Crippen molar-refractivity contribution in [3.8, 4) is 11.5 Å². The highest BCUT2D eigenvalue weighted by molar-refractivity contribution is 7.78. The Morgan fingerprint density at radius 1 is 0.969 bits per heavy atom. The summed E-state index contributed by atoms with van der Waals surface area (Å²) in [6, 6.07) is 19.4. The van der Waals surface area contributed by atoms with Crippen molar-refractivity contribution in [2.45, 2.75) is 24.7 Å². The number of rotatable bonds is 6. The van der Waals surface area contributed by atoms with Crippen LogP contribution < -0.4 is 15.3 Å². The Hall–Kier alpha value is -2.73. The number of hydrogen-bond donors (Lipinski definition) is 2. The van der Waals surface area contributed by atoms with Crippen molar-refractivity contribution in [1.82, 2.24) is 0 Å². The van der Waals surface area contributed by atoms with Crippen LogP contribution in [-0.2, 0) is 9.30 Å². The molecule has 0 aliphatic carbocycles. The second-order valence-corrected chi connectivity index (χ2v) is 10.5. The van der Waals surface area contributed by atoms with Crippen molar-refractivity contribution in [3.63, 3.8) is 0 Å². The monoisotopic (exact) mass is 460 g/mol. The standard InChI is InChI=1S/C24H23F2O5P/c25-18-13-20(27)22(14-19(18)26)31-21-11-12-30-23(24(21)28)15-32(29,16-7-3-1-4-8-16)17-9-5-2-6-10-17/h1-10,13-14,21,23-24,27-28H,11-12,15H2/t21?,23?,24-/m0/s1. The molecule has 2 N–H and O–H groups in total. The fourth-order valence-electron chi connectivity index (χ4n) is 3.86. The van der Waals surface area contributed by atoms with Gasteiger partial charge in [0.05, 0.1) is 12.7 Å². The van der Waals surface area contributed by atoms with E-state index in [4.69, 9.17) is 9.47 Å². The van der Waals surface area contributed by atoms with Gasteiger partial charge in [-0.2, -0.15) is 0 Å². The van der Waals surface area contributed by atoms with Crippen LogP contribution in [0.1, 0.15) is 6.42 Å². The minimum absolute atomic E-state index is 0.0335. The molecule has 5 nitrogen and oxygen atoms in total. The first kappa shape index (κ1) is 22.5. The van der Waals surface area contributed by atoms with Crippen LogP contribution in [0.25, 0.3) is 0 Å². The maximum Gasteiger partial charge on any atom is 0.164 e. The predicted octanol–water partition coefficient (Wildman–Crippen LogP) is 3.58. The summed E-state index contributed by atoms with van der Waals surface area (Å²) in [5.74, 6) is -3.22. The smallest absolute Gasteiger partial charge is 0.164 e. The zero-order valence-corrected chi connectivity index (χ0v) is 18.0. The van der Waals surface area contributed by atoms with Crippen LogP contribution in [0.5, 0.6) is 11.5 Å². The third-order valence-electron chi connectivity index (χ3n) is 5.56. The molecule has 4 rings (SSSR count). The van der Waals surface area contributed by atoms with E-state index in [0.717, 1.165) is 6.07 Å². The highest BCUT2D eigenvalue weighted by atomic mass is 31.2. The van der Waals surface area contributed by atoms with E-state index in [-0.39, 0.29) is 24.9 Å². The van der Waals surface area contributed by atoms with E-state index in [2.05, 4.69) is 0 Å². The maximum absolute atomic E-state index is 14.3. The second-order valence-electron chi connectivity index (χ2n) is 7.67. The molecule has 8 heteroatoms. The van der Waals surface area contributed by atoms with Crippen molar-refractivity contribution in [1.29, 1.82) is 0 Å². The number of halogens is 2. The van der Waals surface area contributed by atoms with Gasteiger partial charge in [0.25, 0.3) is 0 Å². The van der Waals surface area contributed by atoms with Crippen molar-refractivity contribution in [3.05, 3.63) is 84.4 Å². The minimum Gasteiger partial charge on any atom is -0.504 e. The van der Waals surface area contributed by atoms with E-state index >= 15 is 0 Å². The lowest BCUT2D eigenvalue weighted by Crippen LogP contribution is -2.49. The Labute approximate surface area is 184 Å². The molecule has 1 fully saturated rings. The molecule has 1 saturated heterocycles. The van der Waals surface area contributed by atoms with Gasteiger partial charge in [-0.3, -0.25) is 0 Å². The van der Waals surface area contributed by atoms with Gasteiger partial charge >= 0.3 is 0 Å². The molecule has 3 aromatic carbocycles. The quantitative estimate of drug-likeness (QED) is 0.550. The van der Waals surface area contributed by atoms with Crippen LogP contribution in [0.15, 0.2) is 72.8 Å². The van der Waals surface area contributed by atoms with Gasteiger partial charge < -0.3 is 24.3 Å². The highest BCUT2D eigenvalue weighted by Gasteiger charge is 2.40. The molecule has 1 heterocycles. The van der Waals surface area contributed by atoms with Crippen molar-refractivity contribution in [2.75, 3.05) is 12.8 Å². The molecule has 0 radical (unpaired) electrons. The summed E-state index contributed by atoms with van der Waals surface area (Å²) in [6.45, 7) is 0.209.